The Kier molecular flexibility index (Phi) is 1.90. The minimum absolute atomic E-state index is 0.258. The van der Waals surface area contributed by atoms with Crippen LogP contribution in [0.25, 0.3) is 0 Å². The Morgan fingerprint density at radius 1 is 1.24 bits per heavy atom. The number of thioether (sulfide) groups is 1. The molecule has 5 rings (SSSR count). The quantitative estimate of drug-likeness (QED) is 0.607. The smallest absolute Gasteiger partial charge is 0.258 e. The molecule has 0 radical (unpaired) electrons. The summed E-state index contributed by atoms with van der Waals surface area (Å²) in [5, 5.41) is 11.6. The van der Waals surface area contributed by atoms with E-state index in [4.69, 9.17) is 0 Å². The third-order valence-electron chi connectivity index (χ3n) is 4.72. The second kappa shape index (κ2) is 3.25. The minimum Gasteiger partial charge on any atom is -0.258 e. The van der Waals surface area contributed by atoms with Gasteiger partial charge in [0.05, 0.1) is 9.82 Å². The lowest BCUT2D eigenvalue weighted by Crippen LogP contribution is -2.07. The standard InChI is InChI=1S/C13H13NO2S/c15-14(16)10-3-1-2-4-11(10)17-13-7-5-8-9(6-7)12(8)13/h1-4,7-9,12-13H,5-6H2. The summed E-state index contributed by atoms with van der Waals surface area (Å²) in [6, 6.07) is 7.16. The van der Waals surface area contributed by atoms with Gasteiger partial charge in [-0.15, -0.1) is 11.8 Å². The van der Waals surface area contributed by atoms with Crippen molar-refractivity contribution < 1.29 is 4.92 Å². The molecule has 1 aromatic rings. The van der Waals surface area contributed by atoms with Gasteiger partial charge in [0.2, 0.25) is 0 Å². The molecule has 0 heterocycles. The number of rotatable bonds is 3. The van der Waals surface area contributed by atoms with Gasteiger partial charge in [-0.3, -0.25) is 10.1 Å². The molecule has 0 aromatic heterocycles. The highest BCUT2D eigenvalue weighted by molar-refractivity contribution is 8.00. The molecule has 3 unspecified atom stereocenters. The molecule has 4 saturated carbocycles. The summed E-state index contributed by atoms with van der Waals surface area (Å²) < 4.78 is 0. The largest absolute Gasteiger partial charge is 0.282 e. The maximum atomic E-state index is 11.0. The van der Waals surface area contributed by atoms with Crippen molar-refractivity contribution in [3.05, 3.63) is 34.4 Å². The van der Waals surface area contributed by atoms with Crippen molar-refractivity contribution in [1.29, 1.82) is 0 Å². The fraction of sp³-hybridized carbons (Fsp3) is 0.538. The Bertz CT molecular complexity index is 490. The van der Waals surface area contributed by atoms with E-state index in [9.17, 15) is 10.1 Å². The Labute approximate surface area is 104 Å². The van der Waals surface area contributed by atoms with Crippen molar-refractivity contribution >= 4 is 17.4 Å². The van der Waals surface area contributed by atoms with Gasteiger partial charge in [0, 0.05) is 11.3 Å². The maximum absolute atomic E-state index is 11.0. The van der Waals surface area contributed by atoms with Gasteiger partial charge in [0.1, 0.15) is 0 Å². The van der Waals surface area contributed by atoms with Crippen LogP contribution in [0.2, 0.25) is 0 Å². The van der Waals surface area contributed by atoms with Gasteiger partial charge in [0.25, 0.3) is 5.69 Å². The summed E-state index contributed by atoms with van der Waals surface area (Å²) in [6.07, 6.45) is 2.77. The number of nitro groups is 1. The highest BCUT2D eigenvalue weighted by atomic mass is 32.2. The molecule has 1 aromatic carbocycles. The van der Waals surface area contributed by atoms with Crippen molar-refractivity contribution in [2.24, 2.45) is 23.7 Å². The van der Waals surface area contributed by atoms with E-state index in [0.717, 1.165) is 28.6 Å². The molecule has 4 aliphatic carbocycles. The molecule has 4 fully saturated rings. The second-order valence-corrected chi connectivity index (χ2v) is 6.66. The highest BCUT2D eigenvalue weighted by Gasteiger charge is 2.68. The van der Waals surface area contributed by atoms with Crippen LogP contribution in [0.4, 0.5) is 5.69 Å². The third-order valence-corrected chi connectivity index (χ3v) is 6.29. The molecule has 3 nitrogen and oxygen atoms in total. The summed E-state index contributed by atoms with van der Waals surface area (Å²) in [7, 11) is 0. The Hall–Kier alpha value is -1.03. The molecule has 0 spiro atoms. The van der Waals surface area contributed by atoms with E-state index in [0.29, 0.717) is 5.25 Å². The number of para-hydroxylation sites is 1. The lowest BCUT2D eigenvalue weighted by atomic mass is 10.1. The molecule has 0 saturated heterocycles. The molecule has 88 valence electrons. The third kappa shape index (κ3) is 1.30. The molecular formula is C13H13NO2S. The normalized spacial score (nSPS) is 40.6. The summed E-state index contributed by atoms with van der Waals surface area (Å²) >= 11 is 1.76. The van der Waals surface area contributed by atoms with Crippen LogP contribution in [-0.4, -0.2) is 10.2 Å². The Morgan fingerprint density at radius 2 is 1.94 bits per heavy atom. The zero-order valence-corrected chi connectivity index (χ0v) is 10.1. The molecule has 4 bridgehead atoms. The van der Waals surface area contributed by atoms with Crippen LogP contribution in [0.15, 0.2) is 29.2 Å². The van der Waals surface area contributed by atoms with Crippen LogP contribution in [-0.2, 0) is 0 Å². The van der Waals surface area contributed by atoms with E-state index in [-0.39, 0.29) is 10.6 Å². The van der Waals surface area contributed by atoms with Gasteiger partial charge in [-0.25, -0.2) is 0 Å². The van der Waals surface area contributed by atoms with Gasteiger partial charge >= 0.3 is 0 Å². The lowest BCUT2D eigenvalue weighted by molar-refractivity contribution is -0.387. The first-order valence-electron chi connectivity index (χ1n) is 6.16. The van der Waals surface area contributed by atoms with Crippen molar-refractivity contribution in [3.8, 4) is 0 Å². The SMILES string of the molecule is O=[N+]([O-])c1ccccc1SC1C2CC3C(C2)C31. The van der Waals surface area contributed by atoms with Gasteiger partial charge in [-0.1, -0.05) is 12.1 Å². The van der Waals surface area contributed by atoms with Gasteiger partial charge in [-0.05, 0) is 42.6 Å². The number of hydrogen-bond acceptors (Lipinski definition) is 3. The van der Waals surface area contributed by atoms with Crippen molar-refractivity contribution in [3.63, 3.8) is 0 Å². The van der Waals surface area contributed by atoms with Gasteiger partial charge in [0.15, 0.2) is 0 Å². The van der Waals surface area contributed by atoms with E-state index >= 15 is 0 Å². The summed E-state index contributed by atoms with van der Waals surface area (Å²) in [4.78, 5) is 11.6. The van der Waals surface area contributed by atoms with E-state index < -0.39 is 0 Å². The Morgan fingerprint density at radius 3 is 2.53 bits per heavy atom. The van der Waals surface area contributed by atoms with Crippen LogP contribution >= 0.6 is 11.8 Å². The van der Waals surface area contributed by atoms with Crippen molar-refractivity contribution in [1.82, 2.24) is 0 Å². The second-order valence-electron chi connectivity index (χ2n) is 5.44. The monoisotopic (exact) mass is 247 g/mol. The lowest BCUT2D eigenvalue weighted by Gasteiger charge is -2.13. The van der Waals surface area contributed by atoms with Gasteiger partial charge < -0.3 is 0 Å². The van der Waals surface area contributed by atoms with E-state index in [1.807, 2.05) is 12.1 Å². The zero-order valence-electron chi connectivity index (χ0n) is 9.28. The molecule has 3 atom stereocenters. The molecule has 0 amide bonds. The fourth-order valence-corrected chi connectivity index (χ4v) is 5.72. The number of benzene rings is 1. The highest BCUT2D eigenvalue weighted by Crippen LogP contribution is 2.73. The predicted molar refractivity (Wildman–Crippen MR) is 65.9 cm³/mol. The van der Waals surface area contributed by atoms with E-state index in [1.54, 1.807) is 23.9 Å². The van der Waals surface area contributed by atoms with Crippen LogP contribution in [0.5, 0.6) is 0 Å². The summed E-state index contributed by atoms with van der Waals surface area (Å²) in [5.41, 5.74) is 0.277. The van der Waals surface area contributed by atoms with Crippen LogP contribution in [0.1, 0.15) is 12.8 Å². The first-order chi connectivity index (χ1) is 8.25. The maximum Gasteiger partial charge on any atom is 0.282 e. The van der Waals surface area contributed by atoms with Crippen LogP contribution < -0.4 is 0 Å². The predicted octanol–water partition coefficient (Wildman–Crippen LogP) is 3.34. The van der Waals surface area contributed by atoms with E-state index in [2.05, 4.69) is 0 Å². The van der Waals surface area contributed by atoms with E-state index in [1.165, 1.54) is 12.8 Å². The number of nitro benzene ring substituents is 1. The molecule has 4 heteroatoms. The number of hydrogen-bond donors (Lipinski definition) is 0. The average molecular weight is 247 g/mol. The number of nitrogens with zero attached hydrogens (tertiary/aromatic N) is 1. The summed E-state index contributed by atoms with van der Waals surface area (Å²) in [6.45, 7) is 0. The molecule has 0 N–H and O–H groups in total. The first kappa shape index (κ1) is 9.95. The minimum atomic E-state index is -0.258. The van der Waals surface area contributed by atoms with Crippen LogP contribution in [0.3, 0.4) is 0 Å². The Balaban J connectivity index is 1.62. The fourth-order valence-electron chi connectivity index (χ4n) is 4.03. The first-order valence-corrected chi connectivity index (χ1v) is 7.04. The van der Waals surface area contributed by atoms with Crippen molar-refractivity contribution in [2.45, 2.75) is 23.0 Å². The van der Waals surface area contributed by atoms with Gasteiger partial charge in [-0.2, -0.15) is 0 Å². The van der Waals surface area contributed by atoms with Crippen LogP contribution in [0, 0.1) is 33.8 Å². The molecule has 0 aliphatic heterocycles. The van der Waals surface area contributed by atoms with Crippen molar-refractivity contribution in [2.75, 3.05) is 0 Å². The average Bonchev–Trinajstić information content (AvgIpc) is 2.71. The summed E-state index contributed by atoms with van der Waals surface area (Å²) in [5.74, 6) is 3.66. The molecule has 17 heavy (non-hydrogen) atoms. The topological polar surface area (TPSA) is 43.1 Å². The molecular weight excluding hydrogens is 234 g/mol. The zero-order chi connectivity index (χ0) is 11.6. The molecule has 4 aliphatic rings.